The second kappa shape index (κ2) is 6.15. The van der Waals surface area contributed by atoms with Crippen LogP contribution < -0.4 is 5.32 Å². The van der Waals surface area contributed by atoms with Crippen LogP contribution in [0.25, 0.3) is 0 Å². The van der Waals surface area contributed by atoms with E-state index < -0.39 is 11.0 Å². The summed E-state index contributed by atoms with van der Waals surface area (Å²) in [5.74, 6) is -0.511. The molecule has 2 N–H and O–H groups in total. The maximum Gasteiger partial charge on any atom is 0.323 e. The summed E-state index contributed by atoms with van der Waals surface area (Å²) in [5, 5.41) is 22.6. The standard InChI is InChI=1S/C11H17N3O4/c1-3-8(15)6-7-12-11(16)9-4-5-10(13(9)2)14(17)18/h4-5,8,15H,3,6-7H2,1-2H3,(H,12,16). The maximum atomic E-state index is 11.7. The van der Waals surface area contributed by atoms with E-state index in [4.69, 9.17) is 0 Å². The Hall–Kier alpha value is -1.89. The summed E-state index contributed by atoms with van der Waals surface area (Å²) in [5.41, 5.74) is 0.229. The van der Waals surface area contributed by atoms with Gasteiger partial charge in [-0.3, -0.25) is 4.79 Å². The van der Waals surface area contributed by atoms with Crippen LogP contribution in [0.4, 0.5) is 5.82 Å². The van der Waals surface area contributed by atoms with Crippen molar-refractivity contribution in [1.29, 1.82) is 0 Å². The zero-order chi connectivity index (χ0) is 13.7. The fourth-order valence-electron chi connectivity index (χ4n) is 1.56. The molecule has 1 amide bonds. The molecule has 0 radical (unpaired) electrons. The molecule has 0 aliphatic rings. The number of hydrogen-bond donors (Lipinski definition) is 2. The second-order valence-corrected chi connectivity index (χ2v) is 4.00. The Balaban J connectivity index is 2.60. The van der Waals surface area contributed by atoms with Crippen LogP contribution in [0.15, 0.2) is 12.1 Å². The summed E-state index contributed by atoms with van der Waals surface area (Å²) < 4.78 is 1.23. The Bertz CT molecular complexity index is 441. The third-order valence-corrected chi connectivity index (χ3v) is 2.75. The number of aliphatic hydroxyl groups excluding tert-OH is 1. The normalized spacial score (nSPS) is 12.2. The molecule has 7 nitrogen and oxygen atoms in total. The number of hydrogen-bond acceptors (Lipinski definition) is 4. The molecule has 0 spiro atoms. The van der Waals surface area contributed by atoms with Gasteiger partial charge in [-0.2, -0.15) is 0 Å². The third kappa shape index (κ3) is 3.30. The van der Waals surface area contributed by atoms with Crippen molar-refractivity contribution in [2.75, 3.05) is 6.54 Å². The average Bonchev–Trinajstić information content (AvgIpc) is 2.70. The van der Waals surface area contributed by atoms with Crippen LogP contribution in [0.1, 0.15) is 30.3 Å². The summed E-state index contributed by atoms with van der Waals surface area (Å²) in [6, 6.07) is 2.69. The van der Waals surface area contributed by atoms with Gasteiger partial charge in [0.1, 0.15) is 0 Å². The van der Waals surface area contributed by atoms with E-state index in [0.29, 0.717) is 19.4 Å². The van der Waals surface area contributed by atoms with E-state index in [2.05, 4.69) is 5.32 Å². The van der Waals surface area contributed by atoms with E-state index in [0.717, 1.165) is 0 Å². The summed E-state index contributed by atoms with van der Waals surface area (Å²) >= 11 is 0. The third-order valence-electron chi connectivity index (χ3n) is 2.75. The molecule has 0 aliphatic carbocycles. The van der Waals surface area contributed by atoms with Gasteiger partial charge in [-0.05, 0) is 23.8 Å². The summed E-state index contributed by atoms with van der Waals surface area (Å²) in [7, 11) is 1.47. The van der Waals surface area contributed by atoms with Crippen molar-refractivity contribution in [3.05, 3.63) is 27.9 Å². The smallest absolute Gasteiger partial charge is 0.323 e. The van der Waals surface area contributed by atoms with Crippen molar-refractivity contribution in [3.63, 3.8) is 0 Å². The van der Waals surface area contributed by atoms with Gasteiger partial charge in [-0.15, -0.1) is 0 Å². The fourth-order valence-corrected chi connectivity index (χ4v) is 1.56. The van der Waals surface area contributed by atoms with Crippen molar-refractivity contribution < 1.29 is 14.8 Å². The SMILES string of the molecule is CCC(O)CCNC(=O)c1ccc([N+](=O)[O-])n1C. The molecule has 0 aliphatic heterocycles. The Kier molecular flexibility index (Phi) is 4.85. The Morgan fingerprint density at radius 1 is 1.61 bits per heavy atom. The van der Waals surface area contributed by atoms with E-state index in [1.807, 2.05) is 6.92 Å². The Morgan fingerprint density at radius 3 is 2.78 bits per heavy atom. The van der Waals surface area contributed by atoms with Gasteiger partial charge in [0.05, 0.1) is 13.2 Å². The lowest BCUT2D eigenvalue weighted by Gasteiger charge is -2.08. The van der Waals surface area contributed by atoms with E-state index in [1.165, 1.54) is 23.7 Å². The van der Waals surface area contributed by atoms with Crippen LogP contribution in [0.5, 0.6) is 0 Å². The highest BCUT2D eigenvalue weighted by molar-refractivity contribution is 5.93. The molecule has 1 rings (SSSR count). The van der Waals surface area contributed by atoms with Crippen LogP contribution in [0.2, 0.25) is 0 Å². The minimum absolute atomic E-state index is 0.131. The van der Waals surface area contributed by atoms with Crippen molar-refractivity contribution in [2.45, 2.75) is 25.9 Å². The molecular weight excluding hydrogens is 238 g/mol. The minimum Gasteiger partial charge on any atom is -0.393 e. The number of nitrogens with one attached hydrogen (secondary N) is 1. The van der Waals surface area contributed by atoms with E-state index in [1.54, 1.807) is 0 Å². The molecule has 0 aromatic carbocycles. The highest BCUT2D eigenvalue weighted by Crippen LogP contribution is 2.14. The predicted octanol–water partition coefficient (Wildman–Crippen LogP) is 0.824. The fraction of sp³-hybridized carbons (Fsp3) is 0.545. The first-order chi connectivity index (χ1) is 8.47. The molecule has 0 fully saturated rings. The molecule has 1 aromatic heterocycles. The lowest BCUT2D eigenvalue weighted by atomic mass is 10.2. The summed E-state index contributed by atoms with van der Waals surface area (Å²) in [4.78, 5) is 21.8. The highest BCUT2D eigenvalue weighted by Gasteiger charge is 2.20. The predicted molar refractivity (Wildman–Crippen MR) is 65.3 cm³/mol. The van der Waals surface area contributed by atoms with Crippen molar-refractivity contribution in [3.8, 4) is 0 Å². The van der Waals surface area contributed by atoms with E-state index >= 15 is 0 Å². The zero-order valence-corrected chi connectivity index (χ0v) is 10.4. The Labute approximate surface area is 105 Å². The molecule has 1 aromatic rings. The van der Waals surface area contributed by atoms with Gasteiger partial charge in [0.25, 0.3) is 5.91 Å². The molecule has 1 unspecified atom stereocenters. The van der Waals surface area contributed by atoms with Crippen LogP contribution in [0, 0.1) is 10.1 Å². The quantitative estimate of drug-likeness (QED) is 0.581. The first-order valence-corrected chi connectivity index (χ1v) is 5.73. The van der Waals surface area contributed by atoms with Crippen LogP contribution in [-0.4, -0.2) is 33.2 Å². The number of amides is 1. The zero-order valence-electron chi connectivity index (χ0n) is 10.4. The topological polar surface area (TPSA) is 97.4 Å². The van der Waals surface area contributed by atoms with Gasteiger partial charge in [0.2, 0.25) is 0 Å². The monoisotopic (exact) mass is 255 g/mol. The first-order valence-electron chi connectivity index (χ1n) is 5.73. The van der Waals surface area contributed by atoms with E-state index in [-0.39, 0.29) is 17.4 Å². The van der Waals surface area contributed by atoms with Gasteiger partial charge in [-0.1, -0.05) is 6.92 Å². The van der Waals surface area contributed by atoms with Crippen LogP contribution >= 0.6 is 0 Å². The lowest BCUT2D eigenvalue weighted by molar-refractivity contribution is -0.391. The molecule has 18 heavy (non-hydrogen) atoms. The highest BCUT2D eigenvalue weighted by atomic mass is 16.6. The molecule has 7 heteroatoms. The van der Waals surface area contributed by atoms with Gasteiger partial charge >= 0.3 is 5.82 Å². The number of aromatic nitrogens is 1. The van der Waals surface area contributed by atoms with Gasteiger partial charge in [-0.25, -0.2) is 4.57 Å². The number of carbonyl (C=O) groups excluding carboxylic acids is 1. The lowest BCUT2D eigenvalue weighted by Crippen LogP contribution is -2.28. The van der Waals surface area contributed by atoms with Crippen molar-refractivity contribution >= 4 is 11.7 Å². The number of nitro groups is 1. The minimum atomic E-state index is -0.544. The maximum absolute atomic E-state index is 11.7. The van der Waals surface area contributed by atoms with Gasteiger partial charge < -0.3 is 20.5 Å². The van der Waals surface area contributed by atoms with Crippen LogP contribution in [-0.2, 0) is 7.05 Å². The molecule has 0 bridgehead atoms. The first kappa shape index (κ1) is 14.2. The molecule has 1 atom stereocenters. The average molecular weight is 255 g/mol. The number of carbonyl (C=O) groups is 1. The van der Waals surface area contributed by atoms with E-state index in [9.17, 15) is 20.0 Å². The summed E-state index contributed by atoms with van der Waals surface area (Å²) in [6.07, 6.45) is 0.660. The molecule has 0 saturated heterocycles. The molecular formula is C11H17N3O4. The largest absolute Gasteiger partial charge is 0.393 e. The van der Waals surface area contributed by atoms with Gasteiger partial charge in [0, 0.05) is 12.6 Å². The van der Waals surface area contributed by atoms with Crippen molar-refractivity contribution in [1.82, 2.24) is 9.88 Å². The Morgan fingerprint density at radius 2 is 2.28 bits per heavy atom. The van der Waals surface area contributed by atoms with Gasteiger partial charge in [0.15, 0.2) is 5.69 Å². The number of rotatable bonds is 6. The summed E-state index contributed by atoms with van der Waals surface area (Å²) in [6.45, 7) is 2.19. The van der Waals surface area contributed by atoms with Crippen LogP contribution in [0.3, 0.4) is 0 Å². The molecule has 100 valence electrons. The number of aliphatic hydroxyl groups is 1. The molecule has 1 heterocycles. The van der Waals surface area contributed by atoms with Crippen molar-refractivity contribution in [2.24, 2.45) is 7.05 Å². The second-order valence-electron chi connectivity index (χ2n) is 4.00. The number of nitrogens with zero attached hydrogens (tertiary/aromatic N) is 2. The molecule has 0 saturated carbocycles.